The van der Waals surface area contributed by atoms with Gasteiger partial charge in [-0.15, -0.1) is 0 Å². The Balaban J connectivity index is 1.67. The molecule has 19 heavy (non-hydrogen) atoms. The molecule has 0 saturated carbocycles. The van der Waals surface area contributed by atoms with Crippen LogP contribution < -0.4 is 10.6 Å². The van der Waals surface area contributed by atoms with Crippen LogP contribution in [0.3, 0.4) is 0 Å². The number of piperazine rings is 1. The molecular weight excluding hydrogens is 244 g/mol. The Morgan fingerprint density at radius 3 is 2.79 bits per heavy atom. The molecule has 0 spiro atoms. The normalized spacial score (nSPS) is 16.5. The number of nitrogens with one attached hydrogen (secondary N) is 2. The second-order valence-electron chi connectivity index (χ2n) is 4.85. The van der Waals surface area contributed by atoms with E-state index >= 15 is 0 Å². The summed E-state index contributed by atoms with van der Waals surface area (Å²) in [6.07, 6.45) is 0.956. The summed E-state index contributed by atoms with van der Waals surface area (Å²) < 4.78 is 5.28. The number of nitrogens with zero attached hydrogens (tertiary/aromatic N) is 2. The zero-order valence-corrected chi connectivity index (χ0v) is 11.7. The number of rotatable bonds is 5. The molecule has 0 radical (unpaired) electrons. The van der Waals surface area contributed by atoms with Gasteiger partial charge in [0.25, 0.3) is 5.91 Å². The molecule has 1 aromatic heterocycles. The van der Waals surface area contributed by atoms with Gasteiger partial charge in [-0.3, -0.25) is 4.79 Å². The molecule has 2 heterocycles. The number of hydrogen-bond acceptors (Lipinski definition) is 5. The van der Waals surface area contributed by atoms with Crippen LogP contribution >= 0.6 is 0 Å². The van der Waals surface area contributed by atoms with Crippen LogP contribution in [-0.2, 0) is 0 Å². The highest BCUT2D eigenvalue weighted by atomic mass is 16.4. The number of carbonyl (C=O) groups excluding carboxylic acids is 1. The molecule has 0 unspecified atom stereocenters. The van der Waals surface area contributed by atoms with Gasteiger partial charge in [0.1, 0.15) is 0 Å². The van der Waals surface area contributed by atoms with E-state index in [1.807, 2.05) is 0 Å². The minimum Gasteiger partial charge on any atom is -0.436 e. The summed E-state index contributed by atoms with van der Waals surface area (Å²) in [5, 5.41) is 6.20. The number of carbonyl (C=O) groups is 1. The van der Waals surface area contributed by atoms with Gasteiger partial charge in [0.15, 0.2) is 5.89 Å². The zero-order valence-electron chi connectivity index (χ0n) is 11.7. The lowest BCUT2D eigenvalue weighted by Gasteiger charge is -2.26. The molecule has 2 N–H and O–H groups in total. The van der Waals surface area contributed by atoms with Gasteiger partial charge in [-0.25, -0.2) is 4.98 Å². The first-order valence-electron chi connectivity index (χ1n) is 6.82. The van der Waals surface area contributed by atoms with Crippen molar-refractivity contribution >= 4 is 5.91 Å². The van der Waals surface area contributed by atoms with E-state index in [1.165, 1.54) is 0 Å². The van der Waals surface area contributed by atoms with Gasteiger partial charge in [0.2, 0.25) is 5.76 Å². The molecule has 1 aliphatic rings. The second-order valence-corrected chi connectivity index (χ2v) is 4.85. The Morgan fingerprint density at radius 1 is 1.42 bits per heavy atom. The van der Waals surface area contributed by atoms with Gasteiger partial charge in [-0.1, -0.05) is 0 Å². The third kappa shape index (κ3) is 4.04. The highest BCUT2D eigenvalue weighted by molar-refractivity contribution is 5.92. The lowest BCUT2D eigenvalue weighted by molar-refractivity contribution is 0.0921. The molecule has 0 aliphatic carbocycles. The van der Waals surface area contributed by atoms with Gasteiger partial charge < -0.3 is 20.0 Å². The zero-order chi connectivity index (χ0) is 13.7. The first-order valence-corrected chi connectivity index (χ1v) is 6.82. The first kappa shape index (κ1) is 14.0. The summed E-state index contributed by atoms with van der Waals surface area (Å²) in [5.41, 5.74) is 0.650. The average molecular weight is 266 g/mol. The predicted molar refractivity (Wildman–Crippen MR) is 72.2 cm³/mol. The van der Waals surface area contributed by atoms with Crippen molar-refractivity contribution in [1.82, 2.24) is 20.5 Å². The van der Waals surface area contributed by atoms with Crippen molar-refractivity contribution in [2.75, 3.05) is 39.3 Å². The number of aryl methyl sites for hydroxylation is 2. The van der Waals surface area contributed by atoms with Gasteiger partial charge >= 0.3 is 0 Å². The lowest BCUT2D eigenvalue weighted by atomic mass is 10.3. The van der Waals surface area contributed by atoms with Gasteiger partial charge in [0, 0.05) is 39.6 Å². The van der Waals surface area contributed by atoms with Crippen LogP contribution in [0, 0.1) is 13.8 Å². The van der Waals surface area contributed by atoms with Crippen LogP contribution in [0.25, 0.3) is 0 Å². The lowest BCUT2D eigenvalue weighted by Crippen LogP contribution is -2.44. The fraction of sp³-hybridized carbons (Fsp3) is 0.692. The standard InChI is InChI=1S/C13H22N4O2/c1-10-12(19-11(2)16-10)13(18)15-4-3-7-17-8-5-14-6-9-17/h14H,3-9H2,1-2H3,(H,15,18). The summed E-state index contributed by atoms with van der Waals surface area (Å²) in [4.78, 5) is 18.4. The molecule has 106 valence electrons. The van der Waals surface area contributed by atoms with E-state index in [0.29, 0.717) is 23.9 Å². The first-order chi connectivity index (χ1) is 9.16. The maximum Gasteiger partial charge on any atom is 0.289 e. The molecule has 0 bridgehead atoms. The van der Waals surface area contributed by atoms with E-state index in [9.17, 15) is 4.79 Å². The average Bonchev–Trinajstić information content (AvgIpc) is 2.75. The maximum absolute atomic E-state index is 11.9. The minimum absolute atomic E-state index is 0.168. The van der Waals surface area contributed by atoms with Crippen molar-refractivity contribution in [1.29, 1.82) is 0 Å². The Labute approximate surface area is 113 Å². The largest absolute Gasteiger partial charge is 0.436 e. The summed E-state index contributed by atoms with van der Waals surface area (Å²) in [5.74, 6) is 0.696. The summed E-state index contributed by atoms with van der Waals surface area (Å²) >= 11 is 0. The van der Waals surface area contributed by atoms with Crippen molar-refractivity contribution in [3.8, 4) is 0 Å². The molecule has 0 aromatic carbocycles. The summed E-state index contributed by atoms with van der Waals surface area (Å²) in [6.45, 7) is 9.52. The van der Waals surface area contributed by atoms with Crippen LogP contribution in [0.5, 0.6) is 0 Å². The van der Waals surface area contributed by atoms with E-state index < -0.39 is 0 Å². The van der Waals surface area contributed by atoms with E-state index in [4.69, 9.17) is 4.42 Å². The quantitative estimate of drug-likeness (QED) is 0.751. The highest BCUT2D eigenvalue weighted by Crippen LogP contribution is 2.08. The molecule has 2 rings (SSSR count). The predicted octanol–water partition coefficient (Wildman–Crippen LogP) is 0.317. The van der Waals surface area contributed by atoms with Crippen molar-refractivity contribution in [3.63, 3.8) is 0 Å². The fourth-order valence-electron chi connectivity index (χ4n) is 2.26. The maximum atomic E-state index is 11.9. The van der Waals surface area contributed by atoms with Crippen molar-refractivity contribution in [3.05, 3.63) is 17.3 Å². The van der Waals surface area contributed by atoms with Crippen molar-refractivity contribution in [2.24, 2.45) is 0 Å². The smallest absolute Gasteiger partial charge is 0.289 e. The monoisotopic (exact) mass is 266 g/mol. The van der Waals surface area contributed by atoms with E-state index in [2.05, 4.69) is 20.5 Å². The van der Waals surface area contributed by atoms with Crippen LogP contribution in [0.2, 0.25) is 0 Å². The molecule has 1 aliphatic heterocycles. The van der Waals surface area contributed by atoms with Crippen LogP contribution in [0.1, 0.15) is 28.6 Å². The van der Waals surface area contributed by atoms with Crippen LogP contribution in [0.4, 0.5) is 0 Å². The fourth-order valence-corrected chi connectivity index (χ4v) is 2.26. The number of hydrogen-bond donors (Lipinski definition) is 2. The van der Waals surface area contributed by atoms with Crippen LogP contribution in [-0.4, -0.2) is 55.1 Å². The van der Waals surface area contributed by atoms with E-state index in [-0.39, 0.29) is 5.91 Å². The highest BCUT2D eigenvalue weighted by Gasteiger charge is 2.15. The molecular formula is C13H22N4O2. The molecule has 6 heteroatoms. The molecule has 1 amide bonds. The van der Waals surface area contributed by atoms with E-state index in [1.54, 1.807) is 13.8 Å². The number of amides is 1. The van der Waals surface area contributed by atoms with Gasteiger partial charge in [-0.05, 0) is 19.9 Å². The van der Waals surface area contributed by atoms with E-state index in [0.717, 1.165) is 39.1 Å². The molecule has 1 saturated heterocycles. The third-order valence-electron chi connectivity index (χ3n) is 3.26. The molecule has 1 aromatic rings. The molecule has 1 fully saturated rings. The van der Waals surface area contributed by atoms with Crippen molar-refractivity contribution < 1.29 is 9.21 Å². The minimum atomic E-state index is -0.168. The van der Waals surface area contributed by atoms with Gasteiger partial charge in [0.05, 0.1) is 5.69 Å². The topological polar surface area (TPSA) is 70.4 Å². The molecule has 0 atom stereocenters. The van der Waals surface area contributed by atoms with Crippen molar-refractivity contribution in [2.45, 2.75) is 20.3 Å². The number of aromatic nitrogens is 1. The second kappa shape index (κ2) is 6.68. The summed E-state index contributed by atoms with van der Waals surface area (Å²) in [6, 6.07) is 0. The summed E-state index contributed by atoms with van der Waals surface area (Å²) in [7, 11) is 0. The molecule has 6 nitrogen and oxygen atoms in total. The Hall–Kier alpha value is -1.40. The Morgan fingerprint density at radius 2 is 2.16 bits per heavy atom. The van der Waals surface area contributed by atoms with Crippen LogP contribution in [0.15, 0.2) is 4.42 Å². The Kier molecular flexibility index (Phi) is 4.93. The SMILES string of the molecule is Cc1nc(C)c(C(=O)NCCCN2CCNCC2)o1. The van der Waals surface area contributed by atoms with Gasteiger partial charge in [-0.2, -0.15) is 0 Å². The number of oxazole rings is 1. The Bertz CT molecular complexity index is 424. The third-order valence-corrected chi connectivity index (χ3v) is 3.26.